The zero-order valence-electron chi connectivity index (χ0n) is 9.01. The smallest absolute Gasteiger partial charge is 0.330 e. The molecule has 0 spiro atoms. The first-order chi connectivity index (χ1) is 7.70. The van der Waals surface area contributed by atoms with Crippen molar-refractivity contribution in [3.05, 3.63) is 33.1 Å². The monoisotopic (exact) mass is 226 g/mol. The Morgan fingerprint density at radius 3 is 3.06 bits per heavy atom. The summed E-state index contributed by atoms with van der Waals surface area (Å²) < 4.78 is 12.0. The molecule has 2 heterocycles. The van der Waals surface area contributed by atoms with Gasteiger partial charge in [0, 0.05) is 19.4 Å². The van der Waals surface area contributed by atoms with Crippen LogP contribution in [0.1, 0.15) is 19.1 Å². The first-order valence-electron chi connectivity index (χ1n) is 5.16. The summed E-state index contributed by atoms with van der Waals surface area (Å²) in [5, 5.41) is 0. The Morgan fingerprint density at radius 1 is 1.56 bits per heavy atom. The molecule has 0 saturated carbocycles. The van der Waals surface area contributed by atoms with E-state index in [9.17, 15) is 9.59 Å². The van der Waals surface area contributed by atoms with E-state index in [0.29, 0.717) is 6.61 Å². The van der Waals surface area contributed by atoms with Crippen LogP contribution in [0, 0.1) is 0 Å². The summed E-state index contributed by atoms with van der Waals surface area (Å²) in [6.45, 7) is 0.522. The number of nitrogens with one attached hydrogen (secondary N) is 1. The van der Waals surface area contributed by atoms with Gasteiger partial charge < -0.3 is 9.47 Å². The van der Waals surface area contributed by atoms with Gasteiger partial charge in [-0.25, -0.2) is 4.79 Å². The number of H-pyrrole nitrogens is 1. The molecule has 6 heteroatoms. The van der Waals surface area contributed by atoms with Crippen LogP contribution in [0.4, 0.5) is 0 Å². The molecular weight excluding hydrogens is 212 g/mol. The molecule has 1 N–H and O–H groups in total. The van der Waals surface area contributed by atoms with Crippen molar-refractivity contribution in [3.8, 4) is 0 Å². The molecule has 1 saturated heterocycles. The van der Waals surface area contributed by atoms with Crippen LogP contribution in [0.2, 0.25) is 0 Å². The molecule has 0 aromatic carbocycles. The maximum atomic E-state index is 11.5. The van der Waals surface area contributed by atoms with Gasteiger partial charge in [0.1, 0.15) is 6.23 Å². The van der Waals surface area contributed by atoms with Crippen molar-refractivity contribution in [1.82, 2.24) is 9.55 Å². The van der Waals surface area contributed by atoms with Crippen molar-refractivity contribution in [1.29, 1.82) is 0 Å². The van der Waals surface area contributed by atoms with Crippen LogP contribution in [-0.2, 0) is 9.47 Å². The number of methoxy groups -OCH3 is 1. The van der Waals surface area contributed by atoms with Crippen LogP contribution < -0.4 is 11.2 Å². The largest absolute Gasteiger partial charge is 0.382 e. The number of hydrogen-bond acceptors (Lipinski definition) is 4. The summed E-state index contributed by atoms with van der Waals surface area (Å²) in [5.74, 6) is 0. The lowest BCUT2D eigenvalue weighted by atomic mass is 10.2. The number of aromatic nitrogens is 2. The van der Waals surface area contributed by atoms with E-state index in [1.54, 1.807) is 7.11 Å². The van der Waals surface area contributed by atoms with Gasteiger partial charge in [-0.3, -0.25) is 14.3 Å². The van der Waals surface area contributed by atoms with E-state index in [2.05, 4.69) is 4.98 Å². The summed E-state index contributed by atoms with van der Waals surface area (Å²) in [5.41, 5.74) is -0.830. The lowest BCUT2D eigenvalue weighted by molar-refractivity contribution is -0.0335. The van der Waals surface area contributed by atoms with Gasteiger partial charge in [-0.05, 0) is 12.8 Å². The van der Waals surface area contributed by atoms with Gasteiger partial charge in [-0.1, -0.05) is 0 Å². The molecule has 1 aliphatic rings. The Bertz CT molecular complexity index is 464. The van der Waals surface area contributed by atoms with E-state index in [0.717, 1.165) is 12.8 Å². The van der Waals surface area contributed by atoms with Crippen molar-refractivity contribution in [2.75, 3.05) is 13.7 Å². The van der Waals surface area contributed by atoms with E-state index in [1.807, 2.05) is 0 Å². The van der Waals surface area contributed by atoms with Gasteiger partial charge in [-0.2, -0.15) is 0 Å². The molecular formula is C10H14N2O4. The van der Waals surface area contributed by atoms with E-state index in [4.69, 9.17) is 9.47 Å². The normalized spacial score (nSPS) is 24.8. The van der Waals surface area contributed by atoms with Crippen LogP contribution >= 0.6 is 0 Å². The van der Waals surface area contributed by atoms with Crippen LogP contribution in [0.25, 0.3) is 0 Å². The first kappa shape index (κ1) is 11.1. The van der Waals surface area contributed by atoms with Crippen LogP contribution in [0.5, 0.6) is 0 Å². The van der Waals surface area contributed by atoms with Gasteiger partial charge in [0.05, 0.1) is 12.7 Å². The van der Waals surface area contributed by atoms with Crippen molar-refractivity contribution >= 4 is 0 Å². The molecule has 0 bridgehead atoms. The second kappa shape index (κ2) is 4.63. The molecule has 2 unspecified atom stereocenters. The number of ether oxygens (including phenoxy) is 2. The SMILES string of the molecule is COCC1CCC(n2ccc(=O)[nH]c2=O)O1. The van der Waals surface area contributed by atoms with Crippen molar-refractivity contribution in [2.24, 2.45) is 0 Å². The topological polar surface area (TPSA) is 73.3 Å². The Morgan fingerprint density at radius 2 is 2.38 bits per heavy atom. The fourth-order valence-electron chi connectivity index (χ4n) is 1.85. The highest BCUT2D eigenvalue weighted by Crippen LogP contribution is 2.26. The molecule has 2 atom stereocenters. The minimum absolute atomic E-state index is 0.0221. The Kier molecular flexibility index (Phi) is 3.21. The number of aromatic amines is 1. The third kappa shape index (κ3) is 2.23. The fourth-order valence-corrected chi connectivity index (χ4v) is 1.85. The summed E-state index contributed by atoms with van der Waals surface area (Å²) in [6.07, 6.45) is 2.78. The highest BCUT2D eigenvalue weighted by atomic mass is 16.5. The zero-order chi connectivity index (χ0) is 11.5. The van der Waals surface area contributed by atoms with Gasteiger partial charge in [0.15, 0.2) is 0 Å². The summed E-state index contributed by atoms with van der Waals surface area (Å²) in [4.78, 5) is 24.6. The highest BCUT2D eigenvalue weighted by Gasteiger charge is 2.26. The first-order valence-corrected chi connectivity index (χ1v) is 5.16. The predicted molar refractivity (Wildman–Crippen MR) is 56.3 cm³/mol. The summed E-state index contributed by atoms with van der Waals surface area (Å²) in [6, 6.07) is 1.31. The molecule has 1 fully saturated rings. The Balaban J connectivity index is 2.14. The Labute approximate surface area is 91.8 Å². The maximum absolute atomic E-state index is 11.5. The molecule has 2 rings (SSSR count). The fraction of sp³-hybridized carbons (Fsp3) is 0.600. The van der Waals surface area contributed by atoms with E-state index in [-0.39, 0.29) is 12.3 Å². The number of nitrogens with zero attached hydrogens (tertiary/aromatic N) is 1. The molecule has 1 aromatic rings. The zero-order valence-corrected chi connectivity index (χ0v) is 9.01. The Hall–Kier alpha value is -1.40. The molecule has 0 radical (unpaired) electrons. The van der Waals surface area contributed by atoms with Crippen LogP contribution in [-0.4, -0.2) is 29.4 Å². The van der Waals surface area contributed by atoms with Crippen LogP contribution in [0.3, 0.4) is 0 Å². The number of rotatable bonds is 3. The number of hydrogen-bond donors (Lipinski definition) is 1. The van der Waals surface area contributed by atoms with Gasteiger partial charge in [0.25, 0.3) is 5.56 Å². The van der Waals surface area contributed by atoms with E-state index in [1.165, 1.54) is 16.8 Å². The van der Waals surface area contributed by atoms with E-state index >= 15 is 0 Å². The maximum Gasteiger partial charge on any atom is 0.330 e. The standard InChI is InChI=1S/C10H14N2O4/c1-15-6-7-2-3-9(16-7)12-5-4-8(13)11-10(12)14/h4-5,7,9H,2-3,6H2,1H3,(H,11,13,14). The second-order valence-corrected chi connectivity index (χ2v) is 3.76. The lowest BCUT2D eigenvalue weighted by Crippen LogP contribution is -2.31. The molecule has 1 aromatic heterocycles. The average molecular weight is 226 g/mol. The molecule has 1 aliphatic heterocycles. The predicted octanol–water partition coefficient (Wildman–Crippen LogP) is -0.139. The van der Waals surface area contributed by atoms with Crippen molar-refractivity contribution in [2.45, 2.75) is 25.2 Å². The van der Waals surface area contributed by atoms with Crippen LogP contribution in [0.15, 0.2) is 21.9 Å². The third-order valence-electron chi connectivity index (χ3n) is 2.60. The minimum atomic E-state index is -0.435. The highest BCUT2D eigenvalue weighted by molar-refractivity contribution is 4.85. The van der Waals surface area contributed by atoms with Gasteiger partial charge >= 0.3 is 5.69 Å². The van der Waals surface area contributed by atoms with E-state index < -0.39 is 11.2 Å². The van der Waals surface area contributed by atoms with Crippen molar-refractivity contribution < 1.29 is 9.47 Å². The average Bonchev–Trinajstić information content (AvgIpc) is 2.67. The molecule has 16 heavy (non-hydrogen) atoms. The molecule has 88 valence electrons. The minimum Gasteiger partial charge on any atom is -0.382 e. The summed E-state index contributed by atoms with van der Waals surface area (Å²) >= 11 is 0. The van der Waals surface area contributed by atoms with Gasteiger partial charge in [-0.15, -0.1) is 0 Å². The molecule has 0 amide bonds. The molecule has 0 aliphatic carbocycles. The quantitative estimate of drug-likeness (QED) is 0.778. The second-order valence-electron chi connectivity index (χ2n) is 3.76. The van der Waals surface area contributed by atoms with Crippen molar-refractivity contribution in [3.63, 3.8) is 0 Å². The third-order valence-corrected chi connectivity index (χ3v) is 2.60. The molecule has 6 nitrogen and oxygen atoms in total. The van der Waals surface area contributed by atoms with Gasteiger partial charge in [0.2, 0.25) is 0 Å². The summed E-state index contributed by atoms with van der Waals surface area (Å²) in [7, 11) is 1.61. The lowest BCUT2D eigenvalue weighted by Gasteiger charge is -2.14.